The summed E-state index contributed by atoms with van der Waals surface area (Å²) >= 11 is 0. The molecule has 39 heavy (non-hydrogen) atoms. The minimum Gasteiger partial charge on any atom is -0.444 e. The number of sulfonamides is 1. The molecule has 0 bridgehead atoms. The molecule has 6 N–H and O–H groups in total. The van der Waals surface area contributed by atoms with Crippen LogP contribution in [0.3, 0.4) is 0 Å². The van der Waals surface area contributed by atoms with Crippen molar-refractivity contribution in [1.82, 2.24) is 9.88 Å². The first-order valence-electron chi connectivity index (χ1n) is 12.3. The maximum absolute atomic E-state index is 12.8. The number of hydrogen-bond acceptors (Lipinski definition) is 9. The second-order valence-electron chi connectivity index (χ2n) is 9.91. The molecule has 3 rings (SSSR count). The van der Waals surface area contributed by atoms with Gasteiger partial charge in [0.05, 0.1) is 17.5 Å². The average molecular weight is 558 g/mol. The molecule has 3 aromatic rings. The predicted molar refractivity (Wildman–Crippen MR) is 147 cm³/mol. The molecule has 0 aliphatic rings. The molecule has 2 atom stereocenters. The normalized spacial score (nSPS) is 13.4. The van der Waals surface area contributed by atoms with E-state index in [1.165, 1.54) is 29.2 Å². The summed E-state index contributed by atoms with van der Waals surface area (Å²) in [6.45, 7) is 5.63. The Morgan fingerprint density at radius 1 is 1.08 bits per heavy atom. The number of nitrogens with two attached hydrogens (primary N) is 2. The number of aliphatic hydroxyl groups is 1. The van der Waals surface area contributed by atoms with Crippen molar-refractivity contribution in [3.05, 3.63) is 89.7 Å². The van der Waals surface area contributed by atoms with E-state index in [4.69, 9.17) is 16.4 Å². The zero-order valence-electron chi connectivity index (χ0n) is 22.2. The van der Waals surface area contributed by atoms with Crippen LogP contribution in [0.15, 0.2) is 78.0 Å². The lowest BCUT2D eigenvalue weighted by atomic mass is 10.1. The lowest BCUT2D eigenvalue weighted by molar-refractivity contribution is 0.0146. The number of hydrogen-bond donors (Lipinski definition) is 4. The van der Waals surface area contributed by atoms with Crippen molar-refractivity contribution in [2.45, 2.75) is 50.0 Å². The Hall–Kier alpha value is -3.55. The molecule has 0 aliphatic carbocycles. The number of nitrogens with zero attached hydrogens (tertiary/aromatic N) is 2. The van der Waals surface area contributed by atoms with Gasteiger partial charge >= 0.3 is 6.09 Å². The fraction of sp³-hybridized carbons (Fsp3) is 0.333. The number of rotatable bonds is 11. The van der Waals surface area contributed by atoms with E-state index in [-0.39, 0.29) is 18.0 Å². The van der Waals surface area contributed by atoms with Crippen LogP contribution in [-0.2, 0) is 26.0 Å². The highest BCUT2D eigenvalue weighted by Gasteiger charge is 2.25. The van der Waals surface area contributed by atoms with Crippen LogP contribution in [0.1, 0.15) is 49.8 Å². The third-order valence-electron chi connectivity index (χ3n) is 5.66. The summed E-state index contributed by atoms with van der Waals surface area (Å²) in [5.74, 6) is 5.07. The monoisotopic (exact) mass is 557 g/mol. The number of benzene rings is 2. The SMILES string of the molecule is CC(C)(C)OC(=O)N(CCc1ccc(NS(=O)(=O)c2ccc(C(N)ON)cc2)cc1)CC(O)c1cccnc1. The van der Waals surface area contributed by atoms with E-state index >= 15 is 0 Å². The maximum atomic E-state index is 12.8. The molecule has 0 aliphatic heterocycles. The Bertz CT molecular complexity index is 1310. The van der Waals surface area contributed by atoms with Gasteiger partial charge in [-0.2, -0.15) is 0 Å². The Balaban J connectivity index is 1.65. The number of aromatic nitrogens is 1. The number of anilines is 1. The summed E-state index contributed by atoms with van der Waals surface area (Å²) in [5, 5.41) is 10.7. The van der Waals surface area contributed by atoms with Gasteiger partial charge in [-0.1, -0.05) is 30.3 Å². The number of pyridine rings is 1. The van der Waals surface area contributed by atoms with Crippen LogP contribution in [-0.4, -0.2) is 48.2 Å². The molecule has 0 spiro atoms. The number of amides is 1. The molecule has 2 unspecified atom stereocenters. The topological polar surface area (TPSA) is 170 Å². The van der Waals surface area contributed by atoms with Gasteiger partial charge in [0.25, 0.3) is 10.0 Å². The van der Waals surface area contributed by atoms with Crippen LogP contribution < -0.4 is 16.4 Å². The van der Waals surface area contributed by atoms with Crippen LogP contribution in [0, 0.1) is 0 Å². The second kappa shape index (κ2) is 13.0. The fourth-order valence-electron chi connectivity index (χ4n) is 3.60. The number of ether oxygens (including phenoxy) is 1. The molecule has 2 aromatic carbocycles. The maximum Gasteiger partial charge on any atom is 0.410 e. The van der Waals surface area contributed by atoms with E-state index in [0.29, 0.717) is 23.2 Å². The first-order chi connectivity index (χ1) is 18.4. The summed E-state index contributed by atoms with van der Waals surface area (Å²) in [7, 11) is -3.83. The van der Waals surface area contributed by atoms with Crippen LogP contribution in [0.4, 0.5) is 10.5 Å². The summed E-state index contributed by atoms with van der Waals surface area (Å²) in [6.07, 6.45) is 1.28. The fourth-order valence-corrected chi connectivity index (χ4v) is 4.66. The molecule has 0 saturated carbocycles. The zero-order chi connectivity index (χ0) is 28.6. The van der Waals surface area contributed by atoms with E-state index in [0.717, 1.165) is 5.56 Å². The number of aliphatic hydroxyl groups excluding tert-OH is 1. The van der Waals surface area contributed by atoms with E-state index in [2.05, 4.69) is 14.5 Å². The molecule has 210 valence electrons. The molecule has 12 heteroatoms. The Labute approximate surface area is 228 Å². The molecule has 0 radical (unpaired) electrons. The van der Waals surface area contributed by atoms with Crippen LogP contribution in [0.5, 0.6) is 0 Å². The van der Waals surface area contributed by atoms with Crippen LogP contribution >= 0.6 is 0 Å². The van der Waals surface area contributed by atoms with Gasteiger partial charge in [-0.05, 0) is 68.7 Å². The third kappa shape index (κ3) is 9.01. The molecular weight excluding hydrogens is 522 g/mol. The quantitative estimate of drug-likeness (QED) is 0.204. The van der Waals surface area contributed by atoms with Gasteiger partial charge in [0.2, 0.25) is 0 Å². The van der Waals surface area contributed by atoms with Gasteiger partial charge in [0, 0.05) is 30.2 Å². The van der Waals surface area contributed by atoms with Crippen LogP contribution in [0.25, 0.3) is 0 Å². The summed E-state index contributed by atoms with van der Waals surface area (Å²) < 4.78 is 33.6. The molecule has 1 amide bonds. The van der Waals surface area contributed by atoms with Crippen molar-refractivity contribution in [3.8, 4) is 0 Å². The molecule has 1 aromatic heterocycles. The predicted octanol–water partition coefficient (Wildman–Crippen LogP) is 3.24. The van der Waals surface area contributed by atoms with Crippen molar-refractivity contribution in [2.24, 2.45) is 11.6 Å². The van der Waals surface area contributed by atoms with E-state index < -0.39 is 34.0 Å². The number of carbonyl (C=O) groups is 1. The Morgan fingerprint density at radius 2 is 1.74 bits per heavy atom. The zero-order valence-corrected chi connectivity index (χ0v) is 23.0. The van der Waals surface area contributed by atoms with E-state index in [1.807, 2.05) is 0 Å². The van der Waals surface area contributed by atoms with Crippen molar-refractivity contribution in [3.63, 3.8) is 0 Å². The first-order valence-corrected chi connectivity index (χ1v) is 13.7. The molecule has 1 heterocycles. The Kier molecular flexibility index (Phi) is 10.0. The van der Waals surface area contributed by atoms with Gasteiger partial charge in [-0.15, -0.1) is 0 Å². The highest BCUT2D eigenvalue weighted by molar-refractivity contribution is 7.92. The lowest BCUT2D eigenvalue weighted by Crippen LogP contribution is -2.40. The molecular formula is C27H35N5O6S. The minimum absolute atomic E-state index is 0.0274. The van der Waals surface area contributed by atoms with Gasteiger partial charge in [-0.25, -0.2) is 19.1 Å². The van der Waals surface area contributed by atoms with Crippen molar-refractivity contribution < 1.29 is 27.9 Å². The van der Waals surface area contributed by atoms with Crippen LogP contribution in [0.2, 0.25) is 0 Å². The van der Waals surface area contributed by atoms with Gasteiger partial charge in [-0.3, -0.25) is 14.5 Å². The minimum atomic E-state index is -3.83. The van der Waals surface area contributed by atoms with E-state index in [1.54, 1.807) is 69.6 Å². The van der Waals surface area contributed by atoms with Crippen molar-refractivity contribution in [1.29, 1.82) is 0 Å². The standard InChI is InChI=1S/C27H35N5O6S/c1-27(2,3)37-26(34)32(18-24(33)21-5-4-15-30-17-21)16-14-19-6-10-22(11-7-19)31-39(35,36)23-12-8-20(9-13-23)25(28)38-29/h4-13,15,17,24-25,31,33H,14,16,18,28-29H2,1-3H3. The first kappa shape index (κ1) is 30.0. The summed E-state index contributed by atoms with van der Waals surface area (Å²) in [5.41, 5.74) is 7.34. The largest absolute Gasteiger partial charge is 0.444 e. The molecule has 0 fully saturated rings. The van der Waals surface area contributed by atoms with Crippen molar-refractivity contribution in [2.75, 3.05) is 17.8 Å². The van der Waals surface area contributed by atoms with E-state index in [9.17, 15) is 18.3 Å². The van der Waals surface area contributed by atoms with Gasteiger partial charge in [0.1, 0.15) is 5.60 Å². The second-order valence-corrected chi connectivity index (χ2v) is 11.6. The third-order valence-corrected chi connectivity index (χ3v) is 7.05. The summed E-state index contributed by atoms with van der Waals surface area (Å²) in [4.78, 5) is 22.9. The molecule has 11 nitrogen and oxygen atoms in total. The summed E-state index contributed by atoms with van der Waals surface area (Å²) in [6, 6.07) is 16.1. The average Bonchev–Trinajstić information content (AvgIpc) is 2.90. The smallest absolute Gasteiger partial charge is 0.410 e. The van der Waals surface area contributed by atoms with Crippen molar-refractivity contribution >= 4 is 21.8 Å². The number of nitrogens with one attached hydrogen (secondary N) is 1. The van der Waals surface area contributed by atoms with Gasteiger partial charge < -0.3 is 20.5 Å². The number of carbonyl (C=O) groups excluding carboxylic acids is 1. The molecule has 0 saturated heterocycles. The highest BCUT2D eigenvalue weighted by atomic mass is 32.2. The Morgan fingerprint density at radius 3 is 2.31 bits per heavy atom. The highest BCUT2D eigenvalue weighted by Crippen LogP contribution is 2.20. The van der Waals surface area contributed by atoms with Gasteiger partial charge in [0.15, 0.2) is 6.23 Å². The lowest BCUT2D eigenvalue weighted by Gasteiger charge is -2.29.